The average molecular weight is 278 g/mol. The molecule has 0 aliphatic rings. The molecule has 1 aromatic rings. The topological polar surface area (TPSA) is 71.4 Å². The molecule has 0 bridgehead atoms. The van der Waals surface area contributed by atoms with E-state index in [-0.39, 0.29) is 5.57 Å². The predicted molar refractivity (Wildman–Crippen MR) is 74.8 cm³/mol. The summed E-state index contributed by atoms with van der Waals surface area (Å²) in [6.07, 6.45) is 1.77. The molecule has 1 rings (SSSR count). The van der Waals surface area contributed by atoms with Crippen LogP contribution in [0.5, 0.6) is 5.75 Å². The second kappa shape index (κ2) is 7.34. The van der Waals surface area contributed by atoms with Gasteiger partial charge >= 0.3 is 5.97 Å². The van der Waals surface area contributed by atoms with Gasteiger partial charge in [-0.3, -0.25) is 0 Å². The fourth-order valence-electron chi connectivity index (χ4n) is 1.31. The smallest absolute Gasteiger partial charge is 0.351 e. The molecule has 1 aromatic carbocycles. The molecule has 0 aromatic heterocycles. The number of nitrogens with zero attached hydrogens (tertiary/aromatic N) is 1. The Bertz CT molecular complexity index is 518. The Labute approximate surface area is 116 Å². The van der Waals surface area contributed by atoms with Crippen LogP contribution in [0.2, 0.25) is 0 Å². The van der Waals surface area contributed by atoms with Crippen LogP contribution in [0.4, 0.5) is 5.69 Å². The number of benzene rings is 1. The van der Waals surface area contributed by atoms with Gasteiger partial charge in [-0.25, -0.2) is 4.79 Å². The summed E-state index contributed by atoms with van der Waals surface area (Å²) < 4.78 is 9.62. The highest BCUT2D eigenvalue weighted by atomic mass is 32.2. The number of hydrogen-bond acceptors (Lipinski definition) is 6. The van der Waals surface area contributed by atoms with E-state index >= 15 is 0 Å². The molecular formula is C13H14N2O3S. The first-order valence-corrected chi connectivity index (χ1v) is 6.56. The summed E-state index contributed by atoms with van der Waals surface area (Å²) in [4.78, 5) is 11.5. The third kappa shape index (κ3) is 3.93. The molecule has 19 heavy (non-hydrogen) atoms. The zero-order chi connectivity index (χ0) is 14.3. The number of nitrogens with one attached hydrogen (secondary N) is 1. The maximum Gasteiger partial charge on any atom is 0.351 e. The van der Waals surface area contributed by atoms with E-state index in [1.807, 2.05) is 6.07 Å². The third-order valence-electron chi connectivity index (χ3n) is 2.28. The molecular weight excluding hydrogens is 264 g/mol. The van der Waals surface area contributed by atoms with Gasteiger partial charge in [-0.05, 0) is 30.5 Å². The van der Waals surface area contributed by atoms with E-state index in [1.165, 1.54) is 18.9 Å². The van der Waals surface area contributed by atoms with Crippen molar-refractivity contribution < 1.29 is 14.3 Å². The number of rotatable bonds is 5. The summed E-state index contributed by atoms with van der Waals surface area (Å²) in [5, 5.41) is 12.5. The number of carbonyl (C=O) groups excluding carboxylic acids is 1. The van der Waals surface area contributed by atoms with Gasteiger partial charge in [0.1, 0.15) is 11.8 Å². The maximum absolute atomic E-state index is 11.5. The number of methoxy groups -OCH3 is 2. The van der Waals surface area contributed by atoms with Gasteiger partial charge in [0.2, 0.25) is 0 Å². The van der Waals surface area contributed by atoms with Gasteiger partial charge in [0, 0.05) is 5.69 Å². The van der Waals surface area contributed by atoms with Gasteiger partial charge in [-0.1, -0.05) is 0 Å². The van der Waals surface area contributed by atoms with Crippen LogP contribution in [0.15, 0.2) is 34.9 Å². The Kier molecular flexibility index (Phi) is 5.76. The van der Waals surface area contributed by atoms with Crippen LogP contribution in [0.1, 0.15) is 0 Å². The predicted octanol–water partition coefficient (Wildman–Crippen LogP) is 2.38. The second-order valence-electron chi connectivity index (χ2n) is 3.37. The monoisotopic (exact) mass is 278 g/mol. The minimum absolute atomic E-state index is 0.0502. The summed E-state index contributed by atoms with van der Waals surface area (Å²) in [5.74, 6) is 0.0709. The Hall–Kier alpha value is -2.13. The van der Waals surface area contributed by atoms with Crippen LogP contribution in [0, 0.1) is 11.3 Å². The molecule has 0 atom stereocenters. The number of ether oxygens (including phenoxy) is 2. The van der Waals surface area contributed by atoms with Gasteiger partial charge in [-0.2, -0.15) is 5.26 Å². The lowest BCUT2D eigenvalue weighted by molar-refractivity contribution is -0.135. The Balaban J connectivity index is 3.00. The molecule has 0 aliphatic carbocycles. The molecule has 0 unspecified atom stereocenters. The SMILES string of the molecule is COC(=O)C(C#N)=C(Nc1ccc(OC)cc1)SC. The Morgan fingerprint density at radius 2 is 1.95 bits per heavy atom. The van der Waals surface area contributed by atoms with E-state index in [0.717, 1.165) is 11.4 Å². The van der Waals surface area contributed by atoms with Crippen molar-refractivity contribution in [3.63, 3.8) is 0 Å². The lowest BCUT2D eigenvalue weighted by Gasteiger charge is -2.10. The highest BCUT2D eigenvalue weighted by molar-refractivity contribution is 8.02. The van der Waals surface area contributed by atoms with E-state index in [1.54, 1.807) is 37.6 Å². The minimum Gasteiger partial charge on any atom is -0.497 e. The van der Waals surface area contributed by atoms with Gasteiger partial charge < -0.3 is 14.8 Å². The largest absolute Gasteiger partial charge is 0.497 e. The highest BCUT2D eigenvalue weighted by Crippen LogP contribution is 2.23. The van der Waals surface area contributed by atoms with Crippen LogP contribution < -0.4 is 10.1 Å². The van der Waals surface area contributed by atoms with E-state index in [2.05, 4.69) is 10.1 Å². The van der Waals surface area contributed by atoms with Crippen molar-refractivity contribution in [3.8, 4) is 11.8 Å². The maximum atomic E-state index is 11.5. The summed E-state index contributed by atoms with van der Waals surface area (Å²) in [6.45, 7) is 0. The lowest BCUT2D eigenvalue weighted by Crippen LogP contribution is -2.09. The van der Waals surface area contributed by atoms with E-state index in [4.69, 9.17) is 10.00 Å². The number of nitriles is 1. The zero-order valence-electron chi connectivity index (χ0n) is 10.9. The van der Waals surface area contributed by atoms with Crippen LogP contribution in [0.25, 0.3) is 0 Å². The Morgan fingerprint density at radius 3 is 2.37 bits per heavy atom. The summed E-state index contributed by atoms with van der Waals surface area (Å²) in [5.41, 5.74) is 0.702. The summed E-state index contributed by atoms with van der Waals surface area (Å²) >= 11 is 1.27. The molecule has 100 valence electrons. The van der Waals surface area contributed by atoms with Crippen LogP contribution >= 0.6 is 11.8 Å². The van der Waals surface area contributed by atoms with Crippen LogP contribution in [0.3, 0.4) is 0 Å². The van der Waals surface area contributed by atoms with Crippen molar-refractivity contribution in [1.29, 1.82) is 5.26 Å². The van der Waals surface area contributed by atoms with E-state index < -0.39 is 5.97 Å². The number of esters is 1. The minimum atomic E-state index is -0.659. The molecule has 6 heteroatoms. The summed E-state index contributed by atoms with van der Waals surface area (Å²) in [6, 6.07) is 8.99. The molecule has 0 amide bonds. The molecule has 0 radical (unpaired) electrons. The molecule has 5 nitrogen and oxygen atoms in total. The van der Waals surface area contributed by atoms with Crippen molar-refractivity contribution in [3.05, 3.63) is 34.9 Å². The van der Waals surface area contributed by atoms with Gasteiger partial charge in [0.15, 0.2) is 5.57 Å². The first-order chi connectivity index (χ1) is 9.15. The van der Waals surface area contributed by atoms with Gasteiger partial charge in [0.05, 0.1) is 19.2 Å². The highest BCUT2D eigenvalue weighted by Gasteiger charge is 2.15. The van der Waals surface area contributed by atoms with Crippen molar-refractivity contribution in [2.24, 2.45) is 0 Å². The molecule has 0 saturated heterocycles. The van der Waals surface area contributed by atoms with E-state index in [9.17, 15) is 4.79 Å². The molecule has 0 aliphatic heterocycles. The fourth-order valence-corrected chi connectivity index (χ4v) is 1.87. The zero-order valence-corrected chi connectivity index (χ0v) is 11.7. The lowest BCUT2D eigenvalue weighted by atomic mass is 10.3. The number of hydrogen-bond donors (Lipinski definition) is 1. The Morgan fingerprint density at radius 1 is 1.32 bits per heavy atom. The van der Waals surface area contributed by atoms with Crippen molar-refractivity contribution in [2.75, 3.05) is 25.8 Å². The van der Waals surface area contributed by atoms with Crippen molar-refractivity contribution >= 4 is 23.4 Å². The number of anilines is 1. The van der Waals surface area contributed by atoms with E-state index in [0.29, 0.717) is 5.03 Å². The summed E-state index contributed by atoms with van der Waals surface area (Å²) in [7, 11) is 2.83. The average Bonchev–Trinajstić information content (AvgIpc) is 2.47. The quantitative estimate of drug-likeness (QED) is 0.506. The third-order valence-corrected chi connectivity index (χ3v) is 2.99. The fraction of sp³-hybridized carbons (Fsp3) is 0.231. The molecule has 0 spiro atoms. The van der Waals surface area contributed by atoms with Crippen molar-refractivity contribution in [2.45, 2.75) is 0 Å². The van der Waals surface area contributed by atoms with Gasteiger partial charge in [-0.15, -0.1) is 11.8 Å². The molecule has 1 N–H and O–H groups in total. The van der Waals surface area contributed by atoms with Gasteiger partial charge in [0.25, 0.3) is 0 Å². The molecule has 0 heterocycles. The first-order valence-electron chi connectivity index (χ1n) is 5.34. The molecule has 0 fully saturated rings. The molecule has 0 saturated carbocycles. The number of thioether (sulfide) groups is 1. The number of carbonyl (C=O) groups is 1. The normalized spacial score (nSPS) is 11.1. The first kappa shape index (κ1) is 14.9. The van der Waals surface area contributed by atoms with Crippen molar-refractivity contribution in [1.82, 2.24) is 0 Å². The van der Waals surface area contributed by atoms with Crippen LogP contribution in [-0.2, 0) is 9.53 Å². The second-order valence-corrected chi connectivity index (χ2v) is 4.18. The standard InChI is InChI=1S/C13H14N2O3S/c1-17-10-6-4-9(5-7-10)15-12(19-3)11(8-14)13(16)18-2/h4-7,15H,1-3H3. The van der Waals surface area contributed by atoms with Crippen LogP contribution in [-0.4, -0.2) is 26.4 Å².